The molecule has 0 aliphatic heterocycles. The Morgan fingerprint density at radius 3 is 2.62 bits per heavy atom. The lowest BCUT2D eigenvalue weighted by molar-refractivity contribution is 0.405. The molecule has 2 aromatic rings. The van der Waals surface area contributed by atoms with Crippen molar-refractivity contribution in [3.8, 4) is 11.5 Å². The minimum Gasteiger partial charge on any atom is -0.497 e. The van der Waals surface area contributed by atoms with E-state index in [9.17, 15) is 0 Å². The Morgan fingerprint density at radius 2 is 2.00 bits per heavy atom. The monoisotopic (exact) mass is 306 g/mol. The second-order valence-corrected chi connectivity index (χ2v) is 4.79. The molecule has 2 rings (SSSR count). The first-order valence-electron chi connectivity index (χ1n) is 6.44. The average Bonchev–Trinajstić information content (AvgIpc) is 2.90. The van der Waals surface area contributed by atoms with Crippen LogP contribution in [-0.4, -0.2) is 19.3 Å². The molecule has 0 aliphatic rings. The summed E-state index contributed by atoms with van der Waals surface area (Å²) in [5.41, 5.74) is 0.741. The van der Waals surface area contributed by atoms with Crippen molar-refractivity contribution in [1.29, 1.82) is 0 Å². The van der Waals surface area contributed by atoms with Gasteiger partial charge < -0.3 is 24.5 Å². The predicted octanol–water partition coefficient (Wildman–Crippen LogP) is 3.09. The lowest BCUT2D eigenvalue weighted by Crippen LogP contribution is -2.27. The third-order valence-corrected chi connectivity index (χ3v) is 3.12. The molecule has 6 heteroatoms. The largest absolute Gasteiger partial charge is 0.497 e. The molecule has 0 fully saturated rings. The number of ether oxygens (including phenoxy) is 2. The summed E-state index contributed by atoms with van der Waals surface area (Å²) in [4.78, 5) is 0. The molecule has 2 N–H and O–H groups in total. The highest BCUT2D eigenvalue weighted by molar-refractivity contribution is 7.80. The third-order valence-electron chi connectivity index (χ3n) is 2.87. The van der Waals surface area contributed by atoms with Crippen molar-refractivity contribution in [2.24, 2.45) is 0 Å². The van der Waals surface area contributed by atoms with Gasteiger partial charge in [-0.3, -0.25) is 0 Å². The summed E-state index contributed by atoms with van der Waals surface area (Å²) >= 11 is 5.27. The zero-order valence-corrected chi connectivity index (χ0v) is 13.0. The Balaban J connectivity index is 1.98. The Morgan fingerprint density at radius 1 is 1.19 bits per heavy atom. The standard InChI is InChI=1S/C15H18N2O3S/c1-10-4-5-12(20-10)9-16-15(21)17-13-8-11(18-2)6-7-14(13)19-3/h4-8H,9H2,1-3H3,(H2,16,17,21). The summed E-state index contributed by atoms with van der Waals surface area (Å²) in [6.45, 7) is 2.42. The predicted molar refractivity (Wildman–Crippen MR) is 86.1 cm³/mol. The fourth-order valence-corrected chi connectivity index (χ4v) is 2.01. The van der Waals surface area contributed by atoms with E-state index in [1.54, 1.807) is 14.2 Å². The van der Waals surface area contributed by atoms with Crippen LogP contribution in [0.4, 0.5) is 5.69 Å². The number of methoxy groups -OCH3 is 2. The van der Waals surface area contributed by atoms with Gasteiger partial charge in [0.15, 0.2) is 5.11 Å². The van der Waals surface area contributed by atoms with Crippen molar-refractivity contribution in [1.82, 2.24) is 5.32 Å². The van der Waals surface area contributed by atoms with Crippen molar-refractivity contribution in [3.05, 3.63) is 41.9 Å². The molecule has 0 unspecified atom stereocenters. The molecule has 0 radical (unpaired) electrons. The van der Waals surface area contributed by atoms with Crippen LogP contribution in [-0.2, 0) is 6.54 Å². The van der Waals surface area contributed by atoms with Crippen molar-refractivity contribution in [2.45, 2.75) is 13.5 Å². The summed E-state index contributed by atoms with van der Waals surface area (Å²) in [5.74, 6) is 3.12. The maximum Gasteiger partial charge on any atom is 0.171 e. The Bertz CT molecular complexity index is 625. The minimum absolute atomic E-state index is 0.482. The van der Waals surface area contributed by atoms with E-state index in [1.165, 1.54) is 0 Å². The normalized spacial score (nSPS) is 10.0. The highest BCUT2D eigenvalue weighted by atomic mass is 32.1. The first kappa shape index (κ1) is 15.2. The van der Waals surface area contributed by atoms with Gasteiger partial charge in [-0.25, -0.2) is 0 Å². The number of rotatable bonds is 5. The maximum atomic E-state index is 5.47. The van der Waals surface area contributed by atoms with Crippen LogP contribution in [0.15, 0.2) is 34.7 Å². The van der Waals surface area contributed by atoms with E-state index in [1.807, 2.05) is 37.3 Å². The third kappa shape index (κ3) is 4.13. The highest BCUT2D eigenvalue weighted by Gasteiger charge is 2.07. The van der Waals surface area contributed by atoms with Gasteiger partial charge in [-0.15, -0.1) is 0 Å². The fraction of sp³-hybridized carbons (Fsp3) is 0.267. The minimum atomic E-state index is 0.482. The van der Waals surface area contributed by atoms with Gasteiger partial charge in [0.05, 0.1) is 26.5 Å². The lowest BCUT2D eigenvalue weighted by Gasteiger charge is -2.14. The van der Waals surface area contributed by atoms with Crippen LogP contribution in [0.1, 0.15) is 11.5 Å². The van der Waals surface area contributed by atoms with Gasteiger partial charge in [-0.05, 0) is 43.4 Å². The molecule has 1 aromatic heterocycles. The van der Waals surface area contributed by atoms with Crippen LogP contribution in [0.25, 0.3) is 0 Å². The van der Waals surface area contributed by atoms with E-state index in [0.29, 0.717) is 17.4 Å². The SMILES string of the molecule is COc1ccc(OC)c(NC(=S)NCc2ccc(C)o2)c1. The van der Waals surface area contributed by atoms with Crippen molar-refractivity contribution < 1.29 is 13.9 Å². The number of furan rings is 1. The number of nitrogens with one attached hydrogen (secondary N) is 2. The van der Waals surface area contributed by atoms with E-state index in [0.717, 1.165) is 23.0 Å². The molecule has 0 saturated carbocycles. The van der Waals surface area contributed by atoms with E-state index in [-0.39, 0.29) is 0 Å². The van der Waals surface area contributed by atoms with Gasteiger partial charge in [0.2, 0.25) is 0 Å². The van der Waals surface area contributed by atoms with E-state index in [4.69, 9.17) is 26.1 Å². The first-order chi connectivity index (χ1) is 10.1. The molecule has 5 nitrogen and oxygen atoms in total. The summed E-state index contributed by atoms with van der Waals surface area (Å²) in [7, 11) is 3.22. The summed E-state index contributed by atoms with van der Waals surface area (Å²) in [6, 6.07) is 9.30. The Kier molecular flexibility index (Phi) is 5.05. The Hall–Kier alpha value is -2.21. The summed E-state index contributed by atoms with van der Waals surface area (Å²) in [6.07, 6.45) is 0. The van der Waals surface area contributed by atoms with Gasteiger partial charge >= 0.3 is 0 Å². The second-order valence-electron chi connectivity index (χ2n) is 4.39. The maximum absolute atomic E-state index is 5.47. The molecule has 21 heavy (non-hydrogen) atoms. The van der Waals surface area contributed by atoms with Crippen molar-refractivity contribution in [2.75, 3.05) is 19.5 Å². The molecule has 0 atom stereocenters. The topological polar surface area (TPSA) is 55.7 Å². The van der Waals surface area contributed by atoms with Gasteiger partial charge in [0.25, 0.3) is 0 Å². The number of hydrogen-bond acceptors (Lipinski definition) is 4. The number of thiocarbonyl (C=S) groups is 1. The van der Waals surface area contributed by atoms with Gasteiger partial charge in [-0.1, -0.05) is 0 Å². The second kappa shape index (κ2) is 6.99. The molecule has 0 aliphatic carbocycles. The summed E-state index contributed by atoms with van der Waals surface area (Å²) in [5, 5.41) is 6.65. The smallest absolute Gasteiger partial charge is 0.171 e. The highest BCUT2D eigenvalue weighted by Crippen LogP contribution is 2.28. The summed E-state index contributed by atoms with van der Waals surface area (Å²) < 4.78 is 16.0. The zero-order chi connectivity index (χ0) is 15.2. The first-order valence-corrected chi connectivity index (χ1v) is 6.85. The molecule has 112 valence electrons. The van der Waals surface area contributed by atoms with E-state index < -0.39 is 0 Å². The molecule has 0 amide bonds. The van der Waals surface area contributed by atoms with Crippen molar-refractivity contribution in [3.63, 3.8) is 0 Å². The van der Waals surface area contributed by atoms with Crippen LogP contribution >= 0.6 is 12.2 Å². The van der Waals surface area contributed by atoms with Gasteiger partial charge in [-0.2, -0.15) is 0 Å². The molecule has 0 spiro atoms. The van der Waals surface area contributed by atoms with Crippen molar-refractivity contribution >= 4 is 23.0 Å². The molecule has 1 heterocycles. The van der Waals surface area contributed by atoms with E-state index in [2.05, 4.69) is 10.6 Å². The van der Waals surface area contributed by atoms with Crippen LogP contribution < -0.4 is 20.1 Å². The van der Waals surface area contributed by atoms with Crippen LogP contribution in [0.3, 0.4) is 0 Å². The number of benzene rings is 1. The average molecular weight is 306 g/mol. The molecule has 1 aromatic carbocycles. The van der Waals surface area contributed by atoms with Gasteiger partial charge in [0, 0.05) is 6.07 Å². The Labute approximate surface area is 129 Å². The molecule has 0 saturated heterocycles. The molecular weight excluding hydrogens is 288 g/mol. The van der Waals surface area contributed by atoms with Crippen LogP contribution in [0.2, 0.25) is 0 Å². The van der Waals surface area contributed by atoms with Crippen LogP contribution in [0.5, 0.6) is 11.5 Å². The zero-order valence-electron chi connectivity index (χ0n) is 12.2. The number of hydrogen-bond donors (Lipinski definition) is 2. The number of aryl methyl sites for hydroxylation is 1. The fourth-order valence-electron chi connectivity index (χ4n) is 1.83. The van der Waals surface area contributed by atoms with Crippen LogP contribution in [0, 0.1) is 6.92 Å². The molecular formula is C15H18N2O3S. The van der Waals surface area contributed by atoms with E-state index >= 15 is 0 Å². The quantitative estimate of drug-likeness (QED) is 0.828. The van der Waals surface area contributed by atoms with Gasteiger partial charge in [0.1, 0.15) is 23.0 Å². The molecule has 0 bridgehead atoms. The lowest BCUT2D eigenvalue weighted by atomic mass is 10.2. The number of anilines is 1.